The highest BCUT2D eigenvalue weighted by atomic mass is 16.4. The van der Waals surface area contributed by atoms with Gasteiger partial charge in [-0.05, 0) is 18.5 Å². The van der Waals surface area contributed by atoms with Crippen LogP contribution in [-0.2, 0) is 0 Å². The standard InChI is InChI=1S/C13H13BO3/c1-3-6-11(14(15)16)13-9(2)17-12-8-5-4-7-10(12)13/h3-8,15-16H,2H2,1H3/b6-3-,13-11-. The van der Waals surface area contributed by atoms with Crippen molar-refractivity contribution >= 4 is 30.1 Å². The quantitative estimate of drug-likeness (QED) is 0.739. The van der Waals surface area contributed by atoms with Crippen molar-refractivity contribution in [3.05, 3.63) is 47.1 Å². The maximum absolute atomic E-state index is 9.40. The van der Waals surface area contributed by atoms with Gasteiger partial charge in [-0.15, -0.1) is 0 Å². The Kier molecular flexibility index (Phi) is 3.18. The number of furan rings is 1. The first-order chi connectivity index (χ1) is 8.15. The normalized spacial score (nSPS) is 13.4. The summed E-state index contributed by atoms with van der Waals surface area (Å²) >= 11 is 0. The molecule has 2 aromatic rings. The zero-order valence-corrected chi connectivity index (χ0v) is 9.55. The minimum atomic E-state index is -1.55. The van der Waals surface area contributed by atoms with Gasteiger partial charge in [0.1, 0.15) is 11.0 Å². The van der Waals surface area contributed by atoms with E-state index in [0.717, 1.165) is 5.39 Å². The third kappa shape index (κ3) is 2.05. The molecule has 0 amide bonds. The molecule has 17 heavy (non-hydrogen) atoms. The van der Waals surface area contributed by atoms with E-state index in [0.29, 0.717) is 21.7 Å². The van der Waals surface area contributed by atoms with E-state index in [4.69, 9.17) is 4.42 Å². The van der Waals surface area contributed by atoms with Crippen molar-refractivity contribution in [1.82, 2.24) is 0 Å². The van der Waals surface area contributed by atoms with Crippen LogP contribution in [0.1, 0.15) is 6.92 Å². The smallest absolute Gasteiger partial charge is 0.457 e. The van der Waals surface area contributed by atoms with Gasteiger partial charge in [-0.25, -0.2) is 0 Å². The first kappa shape index (κ1) is 11.7. The van der Waals surface area contributed by atoms with Gasteiger partial charge >= 0.3 is 7.12 Å². The highest BCUT2D eigenvalue weighted by molar-refractivity contribution is 6.65. The fourth-order valence-corrected chi connectivity index (χ4v) is 1.89. The van der Waals surface area contributed by atoms with Crippen LogP contribution in [0.25, 0.3) is 23.0 Å². The highest BCUT2D eigenvalue weighted by Gasteiger charge is 2.15. The first-order valence-electron chi connectivity index (χ1n) is 5.34. The molecule has 3 nitrogen and oxygen atoms in total. The summed E-state index contributed by atoms with van der Waals surface area (Å²) in [5.74, 6) is 0. The van der Waals surface area contributed by atoms with Gasteiger partial charge in [-0.3, -0.25) is 0 Å². The summed E-state index contributed by atoms with van der Waals surface area (Å²) in [4.78, 5) is 0. The zero-order valence-electron chi connectivity index (χ0n) is 9.55. The van der Waals surface area contributed by atoms with Crippen molar-refractivity contribution in [2.75, 3.05) is 0 Å². The van der Waals surface area contributed by atoms with Crippen LogP contribution in [0.5, 0.6) is 0 Å². The van der Waals surface area contributed by atoms with Crippen molar-refractivity contribution in [1.29, 1.82) is 0 Å². The number of benzene rings is 1. The monoisotopic (exact) mass is 228 g/mol. The van der Waals surface area contributed by atoms with Crippen LogP contribution in [0.15, 0.2) is 40.8 Å². The molecule has 0 unspecified atom stereocenters. The molecule has 86 valence electrons. The van der Waals surface area contributed by atoms with Crippen molar-refractivity contribution in [2.45, 2.75) is 6.92 Å². The van der Waals surface area contributed by atoms with E-state index in [1.807, 2.05) is 31.2 Å². The lowest BCUT2D eigenvalue weighted by atomic mass is 9.77. The maximum atomic E-state index is 9.40. The van der Waals surface area contributed by atoms with E-state index in [2.05, 4.69) is 6.58 Å². The molecule has 0 aliphatic carbocycles. The van der Waals surface area contributed by atoms with E-state index >= 15 is 0 Å². The second kappa shape index (κ2) is 4.61. The minimum absolute atomic E-state index is 0.391. The van der Waals surface area contributed by atoms with Crippen LogP contribution >= 0.6 is 0 Å². The Morgan fingerprint density at radius 1 is 1.35 bits per heavy atom. The Hall–Kier alpha value is -1.78. The Balaban J connectivity index is 2.98. The SMILES string of the molecule is C=c1oc2ccccc2/c1=C(/C=C\C)B(O)O. The summed E-state index contributed by atoms with van der Waals surface area (Å²) < 4.78 is 5.49. The molecule has 4 heteroatoms. The van der Waals surface area contributed by atoms with Crippen LogP contribution in [0.4, 0.5) is 0 Å². The predicted molar refractivity (Wildman–Crippen MR) is 69.4 cm³/mol. The molecule has 1 aromatic heterocycles. The van der Waals surface area contributed by atoms with E-state index < -0.39 is 7.12 Å². The molecule has 1 heterocycles. The minimum Gasteiger partial charge on any atom is -0.457 e. The van der Waals surface area contributed by atoms with Crippen LogP contribution in [0, 0.1) is 0 Å². The predicted octanol–water partition coefficient (Wildman–Crippen LogP) is 0.582. The second-order valence-electron chi connectivity index (χ2n) is 3.73. The number of hydrogen-bond acceptors (Lipinski definition) is 3. The molecule has 2 N–H and O–H groups in total. The fourth-order valence-electron chi connectivity index (χ4n) is 1.89. The maximum Gasteiger partial charge on any atom is 0.489 e. The number of rotatable bonds is 2. The molecule has 0 aliphatic heterocycles. The van der Waals surface area contributed by atoms with Crippen molar-refractivity contribution < 1.29 is 14.5 Å². The van der Waals surface area contributed by atoms with Crippen molar-refractivity contribution in [2.24, 2.45) is 0 Å². The molecular weight excluding hydrogens is 215 g/mol. The van der Waals surface area contributed by atoms with Gasteiger partial charge in [0, 0.05) is 10.6 Å². The van der Waals surface area contributed by atoms with Crippen LogP contribution in [0.2, 0.25) is 0 Å². The number of allylic oxidation sites excluding steroid dienone is 2. The first-order valence-corrected chi connectivity index (χ1v) is 5.34. The summed E-state index contributed by atoms with van der Waals surface area (Å²) in [6.07, 6.45) is 3.40. The van der Waals surface area contributed by atoms with Crippen LogP contribution < -0.4 is 10.6 Å². The Bertz CT molecular complexity index is 668. The largest absolute Gasteiger partial charge is 0.489 e. The van der Waals surface area contributed by atoms with Crippen molar-refractivity contribution in [3.63, 3.8) is 0 Å². The fraction of sp³-hybridized carbons (Fsp3) is 0.0769. The zero-order chi connectivity index (χ0) is 12.4. The molecule has 0 atom stereocenters. The number of para-hydroxylation sites is 1. The Morgan fingerprint density at radius 3 is 2.71 bits per heavy atom. The van der Waals surface area contributed by atoms with E-state index in [1.165, 1.54) is 0 Å². The summed E-state index contributed by atoms with van der Waals surface area (Å²) in [5, 5.41) is 20.3. The van der Waals surface area contributed by atoms with Crippen molar-refractivity contribution in [3.8, 4) is 0 Å². The number of fused-ring (bicyclic) bond motifs is 1. The lowest BCUT2D eigenvalue weighted by Gasteiger charge is -1.98. The number of hydrogen-bond donors (Lipinski definition) is 2. The Morgan fingerprint density at radius 2 is 2.06 bits per heavy atom. The molecule has 0 aliphatic rings. The lowest BCUT2D eigenvalue weighted by Crippen LogP contribution is -2.29. The van der Waals surface area contributed by atoms with Gasteiger partial charge in [-0.1, -0.05) is 36.9 Å². The molecule has 0 spiro atoms. The lowest BCUT2D eigenvalue weighted by molar-refractivity contribution is 0.427. The molecular formula is C13H13BO3. The van der Waals surface area contributed by atoms with E-state index in [-0.39, 0.29) is 0 Å². The van der Waals surface area contributed by atoms with Gasteiger partial charge in [-0.2, -0.15) is 0 Å². The topological polar surface area (TPSA) is 53.6 Å². The van der Waals surface area contributed by atoms with Gasteiger partial charge in [0.05, 0.1) is 0 Å². The molecule has 0 radical (unpaired) electrons. The van der Waals surface area contributed by atoms with Gasteiger partial charge in [0.2, 0.25) is 0 Å². The molecule has 1 aromatic carbocycles. The van der Waals surface area contributed by atoms with Gasteiger partial charge < -0.3 is 14.5 Å². The second-order valence-corrected chi connectivity index (χ2v) is 3.73. The third-order valence-corrected chi connectivity index (χ3v) is 2.58. The molecule has 2 rings (SSSR count). The average molecular weight is 228 g/mol. The highest BCUT2D eigenvalue weighted by Crippen LogP contribution is 2.09. The average Bonchev–Trinajstić information content (AvgIpc) is 2.62. The molecule has 0 saturated heterocycles. The van der Waals surface area contributed by atoms with Gasteiger partial charge in [0.25, 0.3) is 0 Å². The van der Waals surface area contributed by atoms with Crippen LogP contribution in [-0.4, -0.2) is 17.2 Å². The van der Waals surface area contributed by atoms with Gasteiger partial charge in [0.15, 0.2) is 0 Å². The summed E-state index contributed by atoms with van der Waals surface area (Å²) in [6, 6.07) is 7.43. The summed E-state index contributed by atoms with van der Waals surface area (Å²) in [6.45, 7) is 5.61. The van der Waals surface area contributed by atoms with Crippen LogP contribution in [0.3, 0.4) is 0 Å². The van der Waals surface area contributed by atoms with E-state index in [1.54, 1.807) is 12.2 Å². The molecule has 0 fully saturated rings. The Labute approximate surface area is 99.1 Å². The molecule has 0 bridgehead atoms. The molecule has 0 saturated carbocycles. The van der Waals surface area contributed by atoms with E-state index in [9.17, 15) is 10.0 Å². The summed E-state index contributed by atoms with van der Waals surface area (Å²) in [7, 11) is -1.55. The summed E-state index contributed by atoms with van der Waals surface area (Å²) in [5.41, 5.74) is 1.52. The third-order valence-electron chi connectivity index (χ3n) is 2.58.